The summed E-state index contributed by atoms with van der Waals surface area (Å²) in [6.07, 6.45) is 0.855. The molecule has 21 heavy (non-hydrogen) atoms. The largest absolute Gasteiger partial charge is 0.444 e. The minimum absolute atomic E-state index is 0.188. The van der Waals surface area contributed by atoms with Crippen LogP contribution in [0, 0.1) is 17.8 Å². The van der Waals surface area contributed by atoms with E-state index in [1.807, 2.05) is 25.7 Å². The van der Waals surface area contributed by atoms with Crippen molar-refractivity contribution in [3.63, 3.8) is 0 Å². The normalized spacial score (nSPS) is 20.9. The molecule has 1 aliphatic rings. The van der Waals surface area contributed by atoms with E-state index in [0.29, 0.717) is 17.8 Å². The molecule has 1 saturated heterocycles. The molecule has 2 atom stereocenters. The van der Waals surface area contributed by atoms with Crippen molar-refractivity contribution in [1.29, 1.82) is 0 Å². The molecular formula is C16H33N3O2. The summed E-state index contributed by atoms with van der Waals surface area (Å²) in [5.41, 5.74) is 5.36. The number of nitrogens with zero attached hydrogens (tertiary/aromatic N) is 1. The molecule has 2 unspecified atom stereocenters. The second kappa shape index (κ2) is 7.99. The predicted octanol–water partition coefficient (Wildman–Crippen LogP) is 2.06. The monoisotopic (exact) mass is 299 g/mol. The van der Waals surface area contributed by atoms with Crippen molar-refractivity contribution in [2.45, 2.75) is 46.6 Å². The second-order valence-corrected chi connectivity index (χ2v) is 7.48. The van der Waals surface area contributed by atoms with E-state index in [0.717, 1.165) is 39.1 Å². The lowest BCUT2D eigenvalue weighted by Gasteiger charge is -2.24. The van der Waals surface area contributed by atoms with E-state index in [4.69, 9.17) is 10.5 Å². The third kappa shape index (κ3) is 6.66. The topological polar surface area (TPSA) is 67.6 Å². The Hall–Kier alpha value is -0.810. The number of carbonyl (C=O) groups excluding carboxylic acids is 1. The number of ether oxygens (including phenoxy) is 1. The van der Waals surface area contributed by atoms with Gasteiger partial charge in [-0.15, -0.1) is 0 Å². The van der Waals surface area contributed by atoms with Gasteiger partial charge in [0.1, 0.15) is 5.60 Å². The Morgan fingerprint density at radius 1 is 1.43 bits per heavy atom. The van der Waals surface area contributed by atoms with Crippen LogP contribution in [0.5, 0.6) is 0 Å². The Labute approximate surface area is 129 Å². The summed E-state index contributed by atoms with van der Waals surface area (Å²) in [4.78, 5) is 13.8. The fraction of sp³-hybridized carbons (Fsp3) is 0.938. The smallest absolute Gasteiger partial charge is 0.410 e. The molecule has 1 aliphatic heterocycles. The van der Waals surface area contributed by atoms with Crippen LogP contribution in [0.4, 0.5) is 4.79 Å². The highest BCUT2D eigenvalue weighted by atomic mass is 16.6. The molecule has 0 aromatic rings. The van der Waals surface area contributed by atoms with Crippen molar-refractivity contribution >= 4 is 6.09 Å². The molecule has 1 amide bonds. The molecule has 5 nitrogen and oxygen atoms in total. The molecule has 1 rings (SSSR count). The summed E-state index contributed by atoms with van der Waals surface area (Å²) in [5, 5.41) is 3.51. The fourth-order valence-electron chi connectivity index (χ4n) is 2.56. The number of likely N-dealkylation sites (tertiary alicyclic amines) is 1. The van der Waals surface area contributed by atoms with E-state index in [1.54, 1.807) is 0 Å². The lowest BCUT2D eigenvalue weighted by atomic mass is 9.96. The number of nitrogens with one attached hydrogen (secondary N) is 1. The first kappa shape index (κ1) is 18.2. The van der Waals surface area contributed by atoms with Crippen LogP contribution in [0.3, 0.4) is 0 Å². The van der Waals surface area contributed by atoms with Gasteiger partial charge in [0.2, 0.25) is 0 Å². The molecule has 0 saturated carbocycles. The Balaban J connectivity index is 2.27. The standard InChI is InChI=1S/C16H33N3O2/c1-12(2)14(8-17)10-18-9-13-6-7-19(11-13)15(20)21-16(3,4)5/h12-14,18H,6-11,17H2,1-5H3. The Morgan fingerprint density at radius 2 is 2.10 bits per heavy atom. The third-order valence-corrected chi connectivity index (χ3v) is 4.02. The van der Waals surface area contributed by atoms with Gasteiger partial charge < -0.3 is 20.7 Å². The minimum Gasteiger partial charge on any atom is -0.444 e. The van der Waals surface area contributed by atoms with Gasteiger partial charge in [-0.05, 0) is 64.6 Å². The molecule has 5 heteroatoms. The van der Waals surface area contributed by atoms with E-state index in [2.05, 4.69) is 19.2 Å². The number of rotatable bonds is 6. The molecule has 0 aromatic carbocycles. The van der Waals surface area contributed by atoms with Gasteiger partial charge in [0, 0.05) is 13.1 Å². The summed E-state index contributed by atoms with van der Waals surface area (Å²) in [6.45, 7) is 14.3. The maximum atomic E-state index is 12.0. The zero-order chi connectivity index (χ0) is 16.0. The zero-order valence-electron chi connectivity index (χ0n) is 14.3. The summed E-state index contributed by atoms with van der Waals surface area (Å²) in [6, 6.07) is 0. The number of carbonyl (C=O) groups is 1. The zero-order valence-corrected chi connectivity index (χ0v) is 14.3. The van der Waals surface area contributed by atoms with Gasteiger partial charge in [-0.3, -0.25) is 0 Å². The van der Waals surface area contributed by atoms with Crippen LogP contribution in [0.25, 0.3) is 0 Å². The van der Waals surface area contributed by atoms with E-state index >= 15 is 0 Å². The fourth-order valence-corrected chi connectivity index (χ4v) is 2.56. The number of nitrogens with two attached hydrogens (primary N) is 1. The first-order valence-electron chi connectivity index (χ1n) is 8.11. The third-order valence-electron chi connectivity index (χ3n) is 4.02. The molecule has 1 fully saturated rings. The number of hydrogen-bond acceptors (Lipinski definition) is 4. The minimum atomic E-state index is -0.418. The number of amides is 1. The van der Waals surface area contributed by atoms with Gasteiger partial charge in [-0.2, -0.15) is 0 Å². The van der Waals surface area contributed by atoms with Crippen molar-refractivity contribution in [2.24, 2.45) is 23.5 Å². The van der Waals surface area contributed by atoms with Gasteiger partial charge >= 0.3 is 6.09 Å². The van der Waals surface area contributed by atoms with Crippen LogP contribution in [-0.4, -0.2) is 49.3 Å². The summed E-state index contributed by atoms with van der Waals surface area (Å²) in [5.74, 6) is 1.64. The summed E-state index contributed by atoms with van der Waals surface area (Å²) >= 11 is 0. The molecule has 3 N–H and O–H groups in total. The van der Waals surface area contributed by atoms with Crippen molar-refractivity contribution in [2.75, 3.05) is 32.7 Å². The number of hydrogen-bond donors (Lipinski definition) is 2. The predicted molar refractivity (Wildman–Crippen MR) is 86.2 cm³/mol. The molecule has 0 radical (unpaired) electrons. The highest BCUT2D eigenvalue weighted by Gasteiger charge is 2.29. The van der Waals surface area contributed by atoms with Crippen molar-refractivity contribution in [3.05, 3.63) is 0 Å². The molecule has 1 heterocycles. The van der Waals surface area contributed by atoms with Gasteiger partial charge in [0.15, 0.2) is 0 Å². The first-order valence-corrected chi connectivity index (χ1v) is 8.11. The Kier molecular flexibility index (Phi) is 6.94. The van der Waals surface area contributed by atoms with Crippen LogP contribution >= 0.6 is 0 Å². The Bertz CT molecular complexity index is 326. The highest BCUT2D eigenvalue weighted by Crippen LogP contribution is 2.19. The van der Waals surface area contributed by atoms with Gasteiger partial charge in [0.25, 0.3) is 0 Å². The van der Waals surface area contributed by atoms with Crippen LogP contribution in [0.15, 0.2) is 0 Å². The SMILES string of the molecule is CC(C)C(CN)CNCC1CCN(C(=O)OC(C)(C)C)C1. The molecule has 0 bridgehead atoms. The second-order valence-electron chi connectivity index (χ2n) is 7.48. The molecule has 0 aromatic heterocycles. The molecule has 0 aliphatic carbocycles. The molecule has 0 spiro atoms. The van der Waals surface area contributed by atoms with E-state index in [-0.39, 0.29) is 6.09 Å². The van der Waals surface area contributed by atoms with E-state index in [9.17, 15) is 4.79 Å². The van der Waals surface area contributed by atoms with E-state index < -0.39 is 5.60 Å². The maximum absolute atomic E-state index is 12.0. The summed E-state index contributed by atoms with van der Waals surface area (Å²) < 4.78 is 5.41. The van der Waals surface area contributed by atoms with Gasteiger partial charge in [-0.1, -0.05) is 13.8 Å². The average molecular weight is 299 g/mol. The van der Waals surface area contributed by atoms with Crippen LogP contribution in [-0.2, 0) is 4.74 Å². The van der Waals surface area contributed by atoms with Crippen molar-refractivity contribution in [3.8, 4) is 0 Å². The van der Waals surface area contributed by atoms with Crippen LogP contribution in [0.2, 0.25) is 0 Å². The lowest BCUT2D eigenvalue weighted by Crippen LogP contribution is -2.37. The quantitative estimate of drug-likeness (QED) is 0.788. The lowest BCUT2D eigenvalue weighted by molar-refractivity contribution is 0.0288. The first-order chi connectivity index (χ1) is 9.73. The van der Waals surface area contributed by atoms with E-state index in [1.165, 1.54) is 0 Å². The van der Waals surface area contributed by atoms with Crippen molar-refractivity contribution in [1.82, 2.24) is 10.2 Å². The van der Waals surface area contributed by atoms with Crippen molar-refractivity contribution < 1.29 is 9.53 Å². The highest BCUT2D eigenvalue weighted by molar-refractivity contribution is 5.68. The van der Waals surface area contributed by atoms with Gasteiger partial charge in [-0.25, -0.2) is 4.79 Å². The summed E-state index contributed by atoms with van der Waals surface area (Å²) in [7, 11) is 0. The van der Waals surface area contributed by atoms with Crippen LogP contribution < -0.4 is 11.1 Å². The van der Waals surface area contributed by atoms with Crippen LogP contribution in [0.1, 0.15) is 41.0 Å². The molecular weight excluding hydrogens is 266 g/mol. The maximum Gasteiger partial charge on any atom is 0.410 e. The van der Waals surface area contributed by atoms with Gasteiger partial charge in [0.05, 0.1) is 0 Å². The average Bonchev–Trinajstić information content (AvgIpc) is 2.81. The Morgan fingerprint density at radius 3 is 2.62 bits per heavy atom. The molecule has 124 valence electrons.